The number of anilines is 1. The molecule has 3 heterocycles. The Kier molecular flexibility index (Phi) is 4.21. The Labute approximate surface area is 162 Å². The van der Waals surface area contributed by atoms with Crippen molar-refractivity contribution in [1.29, 1.82) is 5.26 Å². The molecule has 0 spiro atoms. The van der Waals surface area contributed by atoms with Crippen molar-refractivity contribution in [3.8, 4) is 6.07 Å². The molecular weight excluding hydrogens is 402 g/mol. The van der Waals surface area contributed by atoms with Crippen LogP contribution in [0, 0.1) is 18.3 Å². The average Bonchev–Trinajstić information content (AvgIpc) is 3.21. The van der Waals surface area contributed by atoms with Crippen LogP contribution in [0.4, 0.5) is 16.6 Å². The molecule has 4 aromatic rings. The standard InChI is InChI=1S/C15H11N9O2S2/c1-8-13(18-15(27-8)23-28(2,25)26)21-19-10-3-4-11-12(5-10)24-14(22-20-11)9(6-16)7-17-24/h3-5,7H,1-2H3,(H,18,23). The third-order valence-corrected chi connectivity index (χ3v) is 5.18. The monoisotopic (exact) mass is 413 g/mol. The summed E-state index contributed by atoms with van der Waals surface area (Å²) >= 11 is 1.17. The minimum Gasteiger partial charge on any atom is -0.259 e. The maximum atomic E-state index is 11.3. The number of sulfonamides is 1. The van der Waals surface area contributed by atoms with E-state index in [0.717, 1.165) is 11.1 Å². The van der Waals surface area contributed by atoms with E-state index in [0.29, 0.717) is 33.7 Å². The van der Waals surface area contributed by atoms with Crippen LogP contribution in [-0.4, -0.2) is 39.5 Å². The first-order chi connectivity index (χ1) is 13.3. The molecule has 140 valence electrons. The minimum atomic E-state index is -3.41. The summed E-state index contributed by atoms with van der Waals surface area (Å²) in [7, 11) is -3.41. The summed E-state index contributed by atoms with van der Waals surface area (Å²) in [6.07, 6.45) is 2.48. The quantitative estimate of drug-likeness (QED) is 0.505. The number of azo groups is 1. The van der Waals surface area contributed by atoms with Gasteiger partial charge in [0.15, 0.2) is 16.6 Å². The Morgan fingerprint density at radius 1 is 1.29 bits per heavy atom. The second-order valence-corrected chi connectivity index (χ2v) is 8.70. The second-order valence-electron chi connectivity index (χ2n) is 5.75. The van der Waals surface area contributed by atoms with Crippen molar-refractivity contribution in [3.63, 3.8) is 0 Å². The number of thiazole rings is 1. The van der Waals surface area contributed by atoms with Crippen molar-refractivity contribution in [2.24, 2.45) is 10.2 Å². The Morgan fingerprint density at radius 3 is 2.86 bits per heavy atom. The van der Waals surface area contributed by atoms with Crippen LogP contribution in [0.2, 0.25) is 0 Å². The van der Waals surface area contributed by atoms with Crippen molar-refractivity contribution >= 4 is 54.7 Å². The number of nitriles is 1. The van der Waals surface area contributed by atoms with E-state index in [2.05, 4.69) is 35.2 Å². The van der Waals surface area contributed by atoms with E-state index < -0.39 is 10.0 Å². The van der Waals surface area contributed by atoms with Gasteiger partial charge in [0.1, 0.15) is 17.1 Å². The third kappa shape index (κ3) is 3.38. The van der Waals surface area contributed by atoms with E-state index in [4.69, 9.17) is 5.26 Å². The van der Waals surface area contributed by atoms with E-state index in [-0.39, 0.29) is 5.13 Å². The lowest BCUT2D eigenvalue weighted by atomic mass is 10.2. The first-order valence-corrected chi connectivity index (χ1v) is 10.5. The normalized spacial score (nSPS) is 12.0. The van der Waals surface area contributed by atoms with Crippen LogP contribution in [0.15, 0.2) is 34.6 Å². The largest absolute Gasteiger partial charge is 0.259 e. The smallest absolute Gasteiger partial charge is 0.231 e. The summed E-state index contributed by atoms with van der Waals surface area (Å²) in [5.74, 6) is 0.320. The van der Waals surface area contributed by atoms with Gasteiger partial charge in [0, 0.05) is 0 Å². The van der Waals surface area contributed by atoms with Gasteiger partial charge in [0.05, 0.1) is 28.5 Å². The molecule has 13 heteroatoms. The van der Waals surface area contributed by atoms with Crippen molar-refractivity contribution in [2.45, 2.75) is 6.92 Å². The lowest BCUT2D eigenvalue weighted by Crippen LogP contribution is -2.08. The molecule has 0 fully saturated rings. The maximum absolute atomic E-state index is 11.3. The molecule has 1 aromatic carbocycles. The summed E-state index contributed by atoms with van der Waals surface area (Å²) in [6.45, 7) is 1.77. The molecule has 0 radical (unpaired) electrons. The van der Waals surface area contributed by atoms with E-state index in [1.807, 2.05) is 6.07 Å². The predicted octanol–water partition coefficient (Wildman–Crippen LogP) is 2.70. The highest BCUT2D eigenvalue weighted by Crippen LogP contribution is 2.30. The molecule has 3 aromatic heterocycles. The van der Waals surface area contributed by atoms with Crippen LogP contribution in [0.5, 0.6) is 0 Å². The Morgan fingerprint density at radius 2 is 2.11 bits per heavy atom. The fourth-order valence-corrected chi connectivity index (χ4v) is 3.99. The zero-order chi connectivity index (χ0) is 19.9. The van der Waals surface area contributed by atoms with E-state index in [1.54, 1.807) is 25.1 Å². The molecule has 0 bridgehead atoms. The number of fused-ring (bicyclic) bond motifs is 3. The summed E-state index contributed by atoms with van der Waals surface area (Å²) < 4.78 is 26.5. The van der Waals surface area contributed by atoms with Crippen LogP contribution in [0.3, 0.4) is 0 Å². The molecule has 1 N–H and O–H groups in total. The zero-order valence-electron chi connectivity index (χ0n) is 14.5. The molecule has 0 unspecified atom stereocenters. The Balaban J connectivity index is 1.71. The summed E-state index contributed by atoms with van der Waals surface area (Å²) in [5.41, 5.74) is 2.41. The molecule has 0 amide bonds. The van der Waals surface area contributed by atoms with Crippen molar-refractivity contribution in [3.05, 3.63) is 34.8 Å². The highest BCUT2D eigenvalue weighted by atomic mass is 32.2. The molecule has 0 atom stereocenters. The van der Waals surface area contributed by atoms with Gasteiger partial charge in [-0.2, -0.15) is 15.3 Å². The second kappa shape index (κ2) is 6.59. The van der Waals surface area contributed by atoms with Crippen LogP contribution in [0.1, 0.15) is 10.4 Å². The van der Waals surface area contributed by atoms with Gasteiger partial charge >= 0.3 is 0 Å². The summed E-state index contributed by atoms with van der Waals surface area (Å²) in [4.78, 5) is 4.85. The van der Waals surface area contributed by atoms with Crippen molar-refractivity contribution < 1.29 is 8.42 Å². The zero-order valence-corrected chi connectivity index (χ0v) is 16.2. The molecule has 4 rings (SSSR count). The summed E-state index contributed by atoms with van der Waals surface area (Å²) in [6, 6.07) is 7.15. The molecule has 0 saturated heterocycles. The molecule has 0 saturated carbocycles. The topological polar surface area (TPSA) is 151 Å². The number of benzene rings is 1. The molecule has 0 aliphatic rings. The minimum absolute atomic E-state index is 0.227. The molecule has 0 aliphatic carbocycles. The highest BCUT2D eigenvalue weighted by Gasteiger charge is 2.12. The van der Waals surface area contributed by atoms with E-state index >= 15 is 0 Å². The SMILES string of the molecule is Cc1sc(NS(C)(=O)=O)nc1N=Nc1ccc2nnc3c(C#N)cnn3c2c1. The molecule has 28 heavy (non-hydrogen) atoms. The first-order valence-electron chi connectivity index (χ1n) is 7.75. The van der Waals surface area contributed by atoms with Crippen LogP contribution < -0.4 is 4.72 Å². The number of nitrogens with one attached hydrogen (secondary N) is 1. The molecule has 11 nitrogen and oxygen atoms in total. The average molecular weight is 413 g/mol. The number of aromatic nitrogens is 5. The first kappa shape index (κ1) is 17.9. The number of hydrogen-bond donors (Lipinski definition) is 1. The summed E-state index contributed by atoms with van der Waals surface area (Å²) in [5, 5.41) is 29.9. The van der Waals surface area contributed by atoms with Gasteiger partial charge < -0.3 is 0 Å². The number of nitrogens with zero attached hydrogens (tertiary/aromatic N) is 8. The predicted molar refractivity (Wildman–Crippen MR) is 102 cm³/mol. The van der Waals surface area contributed by atoms with Gasteiger partial charge in [-0.15, -0.1) is 20.4 Å². The fraction of sp³-hybridized carbons (Fsp3) is 0.133. The van der Waals surface area contributed by atoms with Gasteiger partial charge in [-0.05, 0) is 25.1 Å². The Hall–Kier alpha value is -3.50. The van der Waals surface area contributed by atoms with Gasteiger partial charge in [-0.1, -0.05) is 11.3 Å². The van der Waals surface area contributed by atoms with Gasteiger partial charge in [0.2, 0.25) is 10.0 Å². The molecular formula is C15H11N9O2S2. The lowest BCUT2D eigenvalue weighted by Gasteiger charge is -2.00. The Bertz CT molecular complexity index is 1400. The van der Waals surface area contributed by atoms with Gasteiger partial charge in [-0.25, -0.2) is 12.9 Å². The number of hydrogen-bond acceptors (Lipinski definition) is 10. The van der Waals surface area contributed by atoms with Crippen LogP contribution >= 0.6 is 11.3 Å². The third-order valence-electron chi connectivity index (χ3n) is 3.61. The van der Waals surface area contributed by atoms with Gasteiger partial charge in [-0.3, -0.25) is 4.72 Å². The highest BCUT2D eigenvalue weighted by molar-refractivity contribution is 7.92. The molecule has 0 aliphatic heterocycles. The van der Waals surface area contributed by atoms with Gasteiger partial charge in [0.25, 0.3) is 0 Å². The van der Waals surface area contributed by atoms with E-state index in [1.165, 1.54) is 22.0 Å². The van der Waals surface area contributed by atoms with Crippen LogP contribution in [-0.2, 0) is 10.0 Å². The van der Waals surface area contributed by atoms with Crippen molar-refractivity contribution in [1.82, 2.24) is 24.8 Å². The number of aryl methyl sites for hydroxylation is 1. The van der Waals surface area contributed by atoms with Crippen molar-refractivity contribution in [2.75, 3.05) is 11.0 Å². The van der Waals surface area contributed by atoms with Crippen LogP contribution in [0.25, 0.3) is 16.7 Å². The fourth-order valence-electron chi connectivity index (χ4n) is 2.41. The maximum Gasteiger partial charge on any atom is 0.231 e. The number of rotatable bonds is 4. The van der Waals surface area contributed by atoms with E-state index in [9.17, 15) is 8.42 Å². The lowest BCUT2D eigenvalue weighted by molar-refractivity contribution is 0.607.